The van der Waals surface area contributed by atoms with E-state index in [1.54, 1.807) is 0 Å². The molecule has 0 spiro atoms. The van der Waals surface area contributed by atoms with Gasteiger partial charge in [-0.2, -0.15) is 0 Å². The van der Waals surface area contributed by atoms with E-state index in [9.17, 15) is 0 Å². The zero-order valence-electron chi connectivity index (χ0n) is 9.00. The van der Waals surface area contributed by atoms with E-state index >= 15 is 0 Å². The first-order valence-corrected chi connectivity index (χ1v) is 5.35. The molecule has 1 saturated heterocycles. The summed E-state index contributed by atoms with van der Waals surface area (Å²) in [7, 11) is 2.19. The number of hydrogen-bond acceptors (Lipinski definition) is 3. The Kier molecular flexibility index (Phi) is 4.70. The summed E-state index contributed by atoms with van der Waals surface area (Å²) in [6.07, 6.45) is 2.41. The van der Waals surface area contributed by atoms with Crippen LogP contribution in [0.15, 0.2) is 0 Å². The molecule has 1 rings (SSSR count). The van der Waals surface area contributed by atoms with Crippen LogP contribution in [0.5, 0.6) is 0 Å². The van der Waals surface area contributed by atoms with Gasteiger partial charge in [0.05, 0.1) is 0 Å². The number of nitrogens with two attached hydrogens (primary N) is 1. The van der Waals surface area contributed by atoms with Crippen LogP contribution < -0.4 is 5.73 Å². The van der Waals surface area contributed by atoms with Crippen molar-refractivity contribution in [3.63, 3.8) is 0 Å². The molecule has 1 aliphatic heterocycles. The van der Waals surface area contributed by atoms with Gasteiger partial charge in [0.2, 0.25) is 0 Å². The zero-order chi connectivity index (χ0) is 9.68. The fourth-order valence-corrected chi connectivity index (χ4v) is 1.71. The third kappa shape index (κ3) is 4.60. The van der Waals surface area contributed by atoms with Crippen molar-refractivity contribution in [3.8, 4) is 0 Å². The predicted octanol–water partition coefficient (Wildman–Crippen LogP) is 0.361. The summed E-state index contributed by atoms with van der Waals surface area (Å²) < 4.78 is 0. The summed E-state index contributed by atoms with van der Waals surface area (Å²) in [5.41, 5.74) is 5.70. The molecule has 0 bridgehead atoms. The first kappa shape index (κ1) is 11.0. The zero-order valence-corrected chi connectivity index (χ0v) is 9.00. The Morgan fingerprint density at radius 1 is 1.23 bits per heavy atom. The number of likely N-dealkylation sites (N-methyl/N-ethyl adjacent to an activating group) is 1. The van der Waals surface area contributed by atoms with Crippen molar-refractivity contribution < 1.29 is 0 Å². The molecule has 0 aromatic rings. The largest absolute Gasteiger partial charge is 0.328 e. The molecule has 0 aromatic heterocycles. The Hall–Kier alpha value is -0.120. The van der Waals surface area contributed by atoms with E-state index < -0.39 is 0 Å². The fraction of sp³-hybridized carbons (Fsp3) is 1.00. The van der Waals surface area contributed by atoms with Gasteiger partial charge in [-0.1, -0.05) is 0 Å². The molecule has 0 saturated carbocycles. The second-order valence-electron chi connectivity index (χ2n) is 4.26. The molecule has 13 heavy (non-hydrogen) atoms. The van der Waals surface area contributed by atoms with Crippen molar-refractivity contribution in [1.82, 2.24) is 9.80 Å². The molecule has 0 aromatic carbocycles. The molecular weight excluding hydrogens is 162 g/mol. The normalized spacial score (nSPS) is 23.3. The lowest BCUT2D eigenvalue weighted by Gasteiger charge is -2.32. The smallest absolute Gasteiger partial charge is 0.0110 e. The average Bonchev–Trinajstić information content (AvgIpc) is 2.08. The van der Waals surface area contributed by atoms with E-state index in [1.807, 2.05) is 0 Å². The highest BCUT2D eigenvalue weighted by molar-refractivity contribution is 4.69. The second-order valence-corrected chi connectivity index (χ2v) is 4.26. The number of hydrogen-bond donors (Lipinski definition) is 1. The van der Waals surface area contributed by atoms with Gasteiger partial charge in [0.25, 0.3) is 0 Å². The fourth-order valence-electron chi connectivity index (χ4n) is 1.71. The highest BCUT2D eigenvalue weighted by Crippen LogP contribution is 2.02. The van der Waals surface area contributed by atoms with Crippen LogP contribution in [-0.2, 0) is 0 Å². The average molecular weight is 185 g/mol. The van der Waals surface area contributed by atoms with E-state index in [4.69, 9.17) is 5.73 Å². The summed E-state index contributed by atoms with van der Waals surface area (Å²) in [5, 5.41) is 0. The van der Waals surface area contributed by atoms with E-state index in [0.29, 0.717) is 6.04 Å². The maximum atomic E-state index is 5.70. The van der Waals surface area contributed by atoms with Crippen LogP contribution in [0.1, 0.15) is 19.8 Å². The highest BCUT2D eigenvalue weighted by Gasteiger charge is 2.12. The lowest BCUT2D eigenvalue weighted by atomic mass is 10.2. The molecule has 0 radical (unpaired) electrons. The standard InChI is InChI=1S/C10H23N3/c1-10(11)4-3-5-13-8-6-12(2)7-9-13/h10H,3-9,11H2,1-2H3. The molecular formula is C10H23N3. The molecule has 1 heterocycles. The van der Waals surface area contributed by atoms with Crippen molar-refractivity contribution in [3.05, 3.63) is 0 Å². The first-order valence-electron chi connectivity index (χ1n) is 5.35. The van der Waals surface area contributed by atoms with Crippen LogP contribution in [-0.4, -0.2) is 55.6 Å². The number of piperazine rings is 1. The van der Waals surface area contributed by atoms with Gasteiger partial charge in [0.15, 0.2) is 0 Å². The highest BCUT2D eigenvalue weighted by atomic mass is 15.2. The summed E-state index contributed by atoms with van der Waals surface area (Å²) in [6.45, 7) is 8.22. The van der Waals surface area contributed by atoms with Crippen LogP contribution in [0.4, 0.5) is 0 Å². The third-order valence-electron chi connectivity index (χ3n) is 2.73. The van der Waals surface area contributed by atoms with Gasteiger partial charge in [-0.3, -0.25) is 0 Å². The van der Waals surface area contributed by atoms with Gasteiger partial charge in [-0.05, 0) is 33.4 Å². The lowest BCUT2D eigenvalue weighted by molar-refractivity contribution is 0.151. The molecule has 0 aliphatic carbocycles. The van der Waals surface area contributed by atoms with E-state index in [0.717, 1.165) is 6.42 Å². The number of rotatable bonds is 4. The van der Waals surface area contributed by atoms with Crippen LogP contribution in [0.2, 0.25) is 0 Å². The van der Waals surface area contributed by atoms with Gasteiger partial charge in [-0.15, -0.1) is 0 Å². The van der Waals surface area contributed by atoms with Crippen LogP contribution in [0.25, 0.3) is 0 Å². The number of nitrogens with zero attached hydrogens (tertiary/aromatic N) is 2. The van der Waals surface area contributed by atoms with Gasteiger partial charge < -0.3 is 15.5 Å². The van der Waals surface area contributed by atoms with E-state index in [2.05, 4.69) is 23.8 Å². The third-order valence-corrected chi connectivity index (χ3v) is 2.73. The molecule has 3 nitrogen and oxygen atoms in total. The quantitative estimate of drug-likeness (QED) is 0.686. The molecule has 0 amide bonds. The molecule has 3 heteroatoms. The van der Waals surface area contributed by atoms with Crippen LogP contribution in [0, 0.1) is 0 Å². The van der Waals surface area contributed by atoms with Gasteiger partial charge in [0, 0.05) is 32.2 Å². The Balaban J connectivity index is 2.02. The van der Waals surface area contributed by atoms with Gasteiger partial charge >= 0.3 is 0 Å². The monoisotopic (exact) mass is 185 g/mol. The lowest BCUT2D eigenvalue weighted by Crippen LogP contribution is -2.44. The molecule has 1 unspecified atom stereocenters. The minimum Gasteiger partial charge on any atom is -0.328 e. The molecule has 78 valence electrons. The summed E-state index contributed by atoms with van der Waals surface area (Å²) in [4.78, 5) is 4.93. The molecule has 2 N–H and O–H groups in total. The Morgan fingerprint density at radius 3 is 2.38 bits per heavy atom. The van der Waals surface area contributed by atoms with Crippen LogP contribution in [0.3, 0.4) is 0 Å². The Morgan fingerprint density at radius 2 is 1.85 bits per heavy atom. The second kappa shape index (κ2) is 5.58. The van der Waals surface area contributed by atoms with Crippen molar-refractivity contribution >= 4 is 0 Å². The van der Waals surface area contributed by atoms with Crippen molar-refractivity contribution in [1.29, 1.82) is 0 Å². The van der Waals surface area contributed by atoms with Crippen LogP contribution >= 0.6 is 0 Å². The molecule has 1 atom stereocenters. The van der Waals surface area contributed by atoms with Crippen molar-refractivity contribution in [2.45, 2.75) is 25.8 Å². The van der Waals surface area contributed by atoms with Gasteiger partial charge in [-0.25, -0.2) is 0 Å². The Labute approximate surface area is 81.9 Å². The molecule has 1 fully saturated rings. The predicted molar refractivity (Wildman–Crippen MR) is 56.8 cm³/mol. The Bertz CT molecular complexity index is 128. The van der Waals surface area contributed by atoms with E-state index in [-0.39, 0.29) is 0 Å². The summed E-state index contributed by atoms with van der Waals surface area (Å²) in [5.74, 6) is 0. The molecule has 1 aliphatic rings. The van der Waals surface area contributed by atoms with Gasteiger partial charge in [0.1, 0.15) is 0 Å². The summed E-state index contributed by atoms with van der Waals surface area (Å²) >= 11 is 0. The minimum absolute atomic E-state index is 0.368. The van der Waals surface area contributed by atoms with Crippen molar-refractivity contribution in [2.75, 3.05) is 39.8 Å². The summed E-state index contributed by atoms with van der Waals surface area (Å²) in [6, 6.07) is 0.368. The SMILES string of the molecule is CC(N)CCCN1CCN(C)CC1. The maximum absolute atomic E-state index is 5.70. The maximum Gasteiger partial charge on any atom is 0.0110 e. The topological polar surface area (TPSA) is 32.5 Å². The minimum atomic E-state index is 0.368. The first-order chi connectivity index (χ1) is 6.18. The van der Waals surface area contributed by atoms with E-state index in [1.165, 1.54) is 39.1 Å². The van der Waals surface area contributed by atoms with Crippen molar-refractivity contribution in [2.24, 2.45) is 5.73 Å².